The van der Waals surface area contributed by atoms with Gasteiger partial charge < -0.3 is 14.0 Å². The Morgan fingerprint density at radius 3 is 1.89 bits per heavy atom. The Kier molecular flexibility index (Phi) is 9.50. The van der Waals surface area contributed by atoms with E-state index in [9.17, 15) is 17.8 Å². The summed E-state index contributed by atoms with van der Waals surface area (Å²) in [4.78, 5) is 12.1. The summed E-state index contributed by atoms with van der Waals surface area (Å²) in [5, 5.41) is 0. The molecule has 0 aliphatic rings. The number of rotatable bonds is 7. The Labute approximate surface area is 258 Å². The fourth-order valence-corrected chi connectivity index (χ4v) is 4.08. The smallest absolute Gasteiger partial charge is 0.744 e. The van der Waals surface area contributed by atoms with Crippen molar-refractivity contribution in [2.75, 3.05) is 0 Å². The molecule has 0 fully saturated rings. The van der Waals surface area contributed by atoms with E-state index in [0.717, 1.165) is 17.2 Å². The van der Waals surface area contributed by atoms with E-state index in [0.29, 0.717) is 22.4 Å². The van der Waals surface area contributed by atoms with Crippen LogP contribution in [0.2, 0.25) is 0 Å². The molecule has 0 aromatic heterocycles. The maximum atomic E-state index is 12.7. The normalized spacial score (nSPS) is 10.6. The molecule has 0 atom stereocenters. The number of aryl methyl sites for hydroxylation is 2. The van der Waals surface area contributed by atoms with Gasteiger partial charge in [-0.05, 0) is 67.9 Å². The third kappa shape index (κ3) is 7.18. The van der Waals surface area contributed by atoms with Crippen molar-refractivity contribution in [3.63, 3.8) is 0 Å². The number of ketones is 1. The molecule has 37 heavy (non-hydrogen) atoms. The van der Waals surface area contributed by atoms with E-state index in [1.54, 1.807) is 36.4 Å². The number of hydrogen-bond acceptors (Lipinski definition) is 6. The first kappa shape index (κ1) is 28.8. The van der Waals surface area contributed by atoms with Crippen LogP contribution in [0.25, 0.3) is 0 Å². The van der Waals surface area contributed by atoms with Gasteiger partial charge in [0.15, 0.2) is 5.78 Å². The Bertz CT molecular complexity index is 1590. The van der Waals surface area contributed by atoms with E-state index in [4.69, 9.17) is 15.9 Å². The van der Waals surface area contributed by atoms with Crippen molar-refractivity contribution in [1.82, 2.24) is 0 Å². The molecule has 0 bridgehead atoms. The van der Waals surface area contributed by atoms with Crippen molar-refractivity contribution < 1.29 is 78.6 Å². The summed E-state index contributed by atoms with van der Waals surface area (Å²) in [7, 11) is -4.90. The molecular formula is C29H21KO6S. The van der Waals surface area contributed by atoms with Gasteiger partial charge >= 0.3 is 51.4 Å². The Hall–Kier alpha value is -2.74. The standard InChI is InChI=1S/C29H22O6S.K/c1-4-21-8-7-20(3)17-27(21)35-25-15-16-26(28(18-25)36(31,32)33)34-24-13-11-23(12-14-24)29(30)22-9-5-19(2)6-10-22;/h1,5-18H,2-3H3,(H,31,32,33);/q;+1/p-1. The summed E-state index contributed by atoms with van der Waals surface area (Å²) in [6.07, 6.45) is 5.51. The van der Waals surface area contributed by atoms with Crippen molar-refractivity contribution in [3.05, 3.63) is 113 Å². The Morgan fingerprint density at radius 2 is 1.30 bits per heavy atom. The fourth-order valence-electron chi connectivity index (χ4n) is 3.46. The molecule has 6 nitrogen and oxygen atoms in total. The van der Waals surface area contributed by atoms with Gasteiger partial charge in [-0.15, -0.1) is 6.42 Å². The number of carbonyl (C=O) groups is 1. The summed E-state index contributed by atoms with van der Waals surface area (Å²) >= 11 is 0. The number of hydrogen-bond donors (Lipinski definition) is 0. The molecule has 0 aliphatic heterocycles. The Morgan fingerprint density at radius 1 is 0.757 bits per heavy atom. The molecule has 4 aromatic rings. The monoisotopic (exact) mass is 536 g/mol. The predicted octanol–water partition coefficient (Wildman–Crippen LogP) is 3.01. The summed E-state index contributed by atoms with van der Waals surface area (Å²) in [5.74, 6) is 2.89. The van der Waals surface area contributed by atoms with Crippen LogP contribution in [0.3, 0.4) is 0 Å². The average Bonchev–Trinajstić information content (AvgIpc) is 2.85. The minimum atomic E-state index is -4.90. The van der Waals surface area contributed by atoms with Crippen molar-refractivity contribution >= 4 is 15.9 Å². The van der Waals surface area contributed by atoms with Crippen LogP contribution < -0.4 is 60.9 Å². The van der Waals surface area contributed by atoms with E-state index < -0.39 is 15.0 Å². The zero-order valence-corrected chi connectivity index (χ0v) is 24.5. The second kappa shape index (κ2) is 12.2. The van der Waals surface area contributed by atoms with Crippen LogP contribution in [0.5, 0.6) is 23.0 Å². The first-order chi connectivity index (χ1) is 17.1. The van der Waals surface area contributed by atoms with Gasteiger partial charge in [0.2, 0.25) is 0 Å². The molecule has 0 amide bonds. The van der Waals surface area contributed by atoms with E-state index in [2.05, 4.69) is 5.92 Å². The molecule has 8 heteroatoms. The van der Waals surface area contributed by atoms with Gasteiger partial charge in [0.1, 0.15) is 38.0 Å². The molecule has 0 aliphatic carbocycles. The van der Waals surface area contributed by atoms with Crippen LogP contribution in [0.4, 0.5) is 0 Å². The molecule has 0 saturated heterocycles. The predicted molar refractivity (Wildman–Crippen MR) is 135 cm³/mol. The van der Waals surface area contributed by atoms with Gasteiger partial charge in [-0.1, -0.05) is 41.8 Å². The third-order valence-electron chi connectivity index (χ3n) is 5.36. The van der Waals surface area contributed by atoms with Crippen molar-refractivity contribution in [2.45, 2.75) is 18.7 Å². The zero-order valence-electron chi connectivity index (χ0n) is 20.5. The summed E-state index contributed by atoms with van der Waals surface area (Å²) in [5.41, 5.74) is 3.41. The van der Waals surface area contributed by atoms with Crippen LogP contribution >= 0.6 is 0 Å². The number of carbonyl (C=O) groups excluding carboxylic acids is 1. The maximum Gasteiger partial charge on any atom is 1.00 e. The third-order valence-corrected chi connectivity index (χ3v) is 6.22. The molecule has 0 spiro atoms. The number of ether oxygens (including phenoxy) is 2. The van der Waals surface area contributed by atoms with Crippen molar-refractivity contribution in [2.24, 2.45) is 0 Å². The van der Waals surface area contributed by atoms with Gasteiger partial charge in [-0.25, -0.2) is 8.42 Å². The van der Waals surface area contributed by atoms with Gasteiger partial charge in [0.25, 0.3) is 0 Å². The molecule has 0 saturated carbocycles. The summed E-state index contributed by atoms with van der Waals surface area (Å²) in [6, 6.07) is 22.5. The SMILES string of the molecule is C#Cc1ccc(C)cc1Oc1ccc(Oc2ccc(C(=O)c3ccc(C)cc3)cc2)c(S(=O)(=O)[O-])c1.[K+]. The van der Waals surface area contributed by atoms with Gasteiger partial charge in [0, 0.05) is 17.2 Å². The van der Waals surface area contributed by atoms with Crippen molar-refractivity contribution in [3.8, 4) is 35.3 Å². The largest absolute Gasteiger partial charge is 1.00 e. The minimum absolute atomic E-state index is 0. The Balaban J connectivity index is 0.00000380. The second-order valence-electron chi connectivity index (χ2n) is 8.13. The fraction of sp³-hybridized carbons (Fsp3) is 0.0690. The van der Waals surface area contributed by atoms with E-state index in [1.165, 1.54) is 24.3 Å². The van der Waals surface area contributed by atoms with Gasteiger partial charge in [0.05, 0.1) is 5.56 Å². The van der Waals surface area contributed by atoms with Crippen molar-refractivity contribution in [1.29, 1.82) is 0 Å². The molecule has 180 valence electrons. The average molecular weight is 537 g/mol. The minimum Gasteiger partial charge on any atom is -0.744 e. The van der Waals surface area contributed by atoms with Crippen LogP contribution in [-0.2, 0) is 10.1 Å². The summed E-state index contributed by atoms with van der Waals surface area (Å²) in [6.45, 7) is 3.80. The molecular weight excluding hydrogens is 515 g/mol. The van der Waals surface area contributed by atoms with Crippen LogP contribution in [0.1, 0.15) is 32.6 Å². The van der Waals surface area contributed by atoms with Crippen LogP contribution in [-0.4, -0.2) is 18.8 Å². The number of terminal acetylenes is 1. The molecule has 0 radical (unpaired) electrons. The quantitative estimate of drug-likeness (QED) is 0.156. The zero-order chi connectivity index (χ0) is 25.9. The van der Waals surface area contributed by atoms with E-state index in [1.807, 2.05) is 32.0 Å². The first-order valence-corrected chi connectivity index (χ1v) is 12.3. The molecule has 0 heterocycles. The topological polar surface area (TPSA) is 92.7 Å². The second-order valence-corrected chi connectivity index (χ2v) is 9.48. The van der Waals surface area contributed by atoms with Crippen LogP contribution in [0, 0.1) is 26.2 Å². The maximum absolute atomic E-state index is 12.7. The van der Waals surface area contributed by atoms with Gasteiger partial charge in [-0.3, -0.25) is 4.79 Å². The first-order valence-electron chi connectivity index (χ1n) is 10.9. The molecule has 4 rings (SSSR count). The van der Waals surface area contributed by atoms with Crippen LogP contribution in [0.15, 0.2) is 89.8 Å². The molecule has 0 N–H and O–H groups in total. The van der Waals surface area contributed by atoms with Gasteiger partial charge in [-0.2, -0.15) is 0 Å². The summed E-state index contributed by atoms with van der Waals surface area (Å²) < 4.78 is 47.4. The number of benzene rings is 4. The molecule has 0 unspecified atom stereocenters. The van der Waals surface area contributed by atoms with E-state index >= 15 is 0 Å². The van der Waals surface area contributed by atoms with E-state index in [-0.39, 0.29) is 74.4 Å². The molecule has 4 aromatic carbocycles.